The van der Waals surface area contributed by atoms with Gasteiger partial charge in [0.25, 0.3) is 0 Å². The van der Waals surface area contributed by atoms with E-state index < -0.39 is 23.5 Å². The smallest absolute Gasteiger partial charge is 0.160 e. The molecule has 5 heteroatoms. The Kier molecular flexibility index (Phi) is 4.38. The fraction of sp³-hybridized carbons (Fsp3) is 0.500. The number of ketones is 1. The Hall–Kier alpha value is -1.80. The van der Waals surface area contributed by atoms with Crippen LogP contribution in [0, 0.1) is 34.8 Å². The Labute approximate surface area is 122 Å². The van der Waals surface area contributed by atoms with Gasteiger partial charge in [-0.1, -0.05) is 6.92 Å². The van der Waals surface area contributed by atoms with Gasteiger partial charge in [0, 0.05) is 6.07 Å². The predicted octanol–water partition coefficient (Wildman–Crippen LogP) is 3.20. The minimum Gasteiger partial charge on any atom is -0.375 e. The lowest BCUT2D eigenvalue weighted by atomic mass is 9.79. The highest BCUT2D eigenvalue weighted by Crippen LogP contribution is 2.36. The van der Waals surface area contributed by atoms with E-state index in [0.717, 1.165) is 12.1 Å². The first-order valence-corrected chi connectivity index (χ1v) is 6.90. The molecule has 0 radical (unpaired) electrons. The molecule has 0 aromatic heterocycles. The van der Waals surface area contributed by atoms with Crippen molar-refractivity contribution in [1.82, 2.24) is 0 Å². The van der Waals surface area contributed by atoms with E-state index in [9.17, 15) is 18.8 Å². The summed E-state index contributed by atoms with van der Waals surface area (Å²) in [5.74, 6) is -3.60. The fourth-order valence-electron chi connectivity index (χ4n) is 2.99. The second kappa shape index (κ2) is 5.90. The van der Waals surface area contributed by atoms with Crippen LogP contribution in [0.4, 0.5) is 8.78 Å². The molecule has 1 aromatic carbocycles. The lowest BCUT2D eigenvalue weighted by Crippen LogP contribution is -2.30. The summed E-state index contributed by atoms with van der Waals surface area (Å²) in [4.78, 5) is 12.6. The quantitative estimate of drug-likeness (QED) is 0.860. The maximum absolute atomic E-state index is 13.3. The van der Waals surface area contributed by atoms with Crippen LogP contribution >= 0.6 is 0 Å². The van der Waals surface area contributed by atoms with Crippen LogP contribution in [0.2, 0.25) is 0 Å². The summed E-state index contributed by atoms with van der Waals surface area (Å²) in [7, 11) is 0. The third kappa shape index (κ3) is 2.96. The average molecular weight is 293 g/mol. The number of carbonyl (C=O) groups excluding carboxylic acids is 1. The van der Waals surface area contributed by atoms with Crippen molar-refractivity contribution < 1.29 is 18.3 Å². The van der Waals surface area contributed by atoms with Gasteiger partial charge in [0.1, 0.15) is 17.6 Å². The predicted molar refractivity (Wildman–Crippen MR) is 72.4 cm³/mol. The van der Waals surface area contributed by atoms with E-state index >= 15 is 0 Å². The molecule has 3 nitrogen and oxygen atoms in total. The van der Waals surface area contributed by atoms with Crippen molar-refractivity contribution in [2.24, 2.45) is 11.8 Å². The second-order valence-corrected chi connectivity index (χ2v) is 5.60. The molecule has 0 aliphatic carbocycles. The zero-order valence-corrected chi connectivity index (χ0v) is 12.1. The molecule has 0 saturated carbocycles. The van der Waals surface area contributed by atoms with Crippen LogP contribution in [0.3, 0.4) is 0 Å². The van der Waals surface area contributed by atoms with Crippen LogP contribution in [0.1, 0.15) is 32.3 Å². The van der Waals surface area contributed by atoms with E-state index in [1.807, 2.05) is 19.9 Å². The monoisotopic (exact) mass is 293 g/mol. The first-order chi connectivity index (χ1) is 9.85. The summed E-state index contributed by atoms with van der Waals surface area (Å²) in [6, 6.07) is 4.65. The van der Waals surface area contributed by atoms with Gasteiger partial charge in [-0.3, -0.25) is 4.79 Å². The molecule has 2 rings (SSSR count). The maximum Gasteiger partial charge on any atom is 0.160 e. The molecule has 0 spiro atoms. The first-order valence-electron chi connectivity index (χ1n) is 6.90. The third-order valence-electron chi connectivity index (χ3n) is 4.20. The molecular formula is C16H17F2NO2. The number of rotatable bonds is 3. The molecule has 1 fully saturated rings. The molecule has 0 N–H and O–H groups in total. The highest BCUT2D eigenvalue weighted by atomic mass is 19.1. The first kappa shape index (κ1) is 15.6. The van der Waals surface area contributed by atoms with Gasteiger partial charge in [0.15, 0.2) is 5.78 Å². The Bertz CT molecular complexity index is 576. The fourth-order valence-corrected chi connectivity index (χ4v) is 2.99. The van der Waals surface area contributed by atoms with Gasteiger partial charge >= 0.3 is 0 Å². The topological polar surface area (TPSA) is 50.1 Å². The molecule has 5 atom stereocenters. The summed E-state index contributed by atoms with van der Waals surface area (Å²) in [6.07, 6.45) is -0.394. The van der Waals surface area contributed by atoms with Crippen molar-refractivity contribution in [2.45, 2.75) is 38.9 Å². The number of nitrogens with zero attached hydrogens (tertiary/aromatic N) is 1. The number of ether oxygens (including phenoxy) is 1. The summed E-state index contributed by atoms with van der Waals surface area (Å²) >= 11 is 0. The van der Waals surface area contributed by atoms with Crippen LogP contribution in [0.5, 0.6) is 0 Å². The molecular weight excluding hydrogens is 276 g/mol. The zero-order chi connectivity index (χ0) is 15.7. The molecule has 1 saturated heterocycles. The van der Waals surface area contributed by atoms with E-state index in [2.05, 4.69) is 0 Å². The Morgan fingerprint density at radius 1 is 1.19 bits per heavy atom. The molecule has 1 aromatic rings. The summed E-state index contributed by atoms with van der Waals surface area (Å²) in [5.41, 5.74) is 0.0546. The number of Topliss-reactive ketones (excluding diaryl/α,β-unsaturated/α-hetero) is 1. The van der Waals surface area contributed by atoms with Crippen molar-refractivity contribution >= 4 is 5.78 Å². The molecule has 0 amide bonds. The van der Waals surface area contributed by atoms with E-state index in [1.54, 1.807) is 6.92 Å². The van der Waals surface area contributed by atoms with E-state index in [4.69, 9.17) is 4.74 Å². The highest BCUT2D eigenvalue weighted by Gasteiger charge is 2.44. The Morgan fingerprint density at radius 2 is 1.76 bits per heavy atom. The zero-order valence-electron chi connectivity index (χ0n) is 12.1. The van der Waals surface area contributed by atoms with Crippen LogP contribution < -0.4 is 0 Å². The summed E-state index contributed by atoms with van der Waals surface area (Å²) in [6.45, 7) is 5.54. The number of carbonyl (C=O) groups is 1. The van der Waals surface area contributed by atoms with Gasteiger partial charge < -0.3 is 4.74 Å². The molecule has 5 unspecified atom stereocenters. The van der Waals surface area contributed by atoms with Gasteiger partial charge in [-0.05, 0) is 37.5 Å². The number of benzene rings is 1. The van der Waals surface area contributed by atoms with Crippen molar-refractivity contribution in [3.8, 4) is 6.07 Å². The highest BCUT2D eigenvalue weighted by molar-refractivity contribution is 5.91. The molecule has 21 heavy (non-hydrogen) atoms. The van der Waals surface area contributed by atoms with Crippen LogP contribution in [-0.4, -0.2) is 18.0 Å². The van der Waals surface area contributed by atoms with E-state index in [0.29, 0.717) is 6.07 Å². The molecule has 1 heterocycles. The van der Waals surface area contributed by atoms with Gasteiger partial charge in [-0.15, -0.1) is 0 Å². The Morgan fingerprint density at radius 3 is 2.19 bits per heavy atom. The number of hydrogen-bond donors (Lipinski definition) is 0. The van der Waals surface area contributed by atoms with Gasteiger partial charge in [-0.2, -0.15) is 5.26 Å². The minimum atomic E-state index is -1.18. The van der Waals surface area contributed by atoms with Crippen LogP contribution in [-0.2, 0) is 9.53 Å². The maximum atomic E-state index is 13.3. The average Bonchev–Trinajstić information content (AvgIpc) is 2.62. The lowest BCUT2D eigenvalue weighted by Gasteiger charge is -2.20. The normalized spacial score (nSPS) is 29.9. The van der Waals surface area contributed by atoms with Gasteiger partial charge in [0.2, 0.25) is 0 Å². The van der Waals surface area contributed by atoms with E-state index in [1.165, 1.54) is 0 Å². The third-order valence-corrected chi connectivity index (χ3v) is 4.20. The molecule has 112 valence electrons. The number of nitriles is 1. The van der Waals surface area contributed by atoms with Gasteiger partial charge in [0.05, 0.1) is 24.2 Å². The van der Waals surface area contributed by atoms with E-state index in [-0.39, 0.29) is 29.5 Å². The number of hydrogen-bond acceptors (Lipinski definition) is 3. The summed E-state index contributed by atoms with van der Waals surface area (Å²) in [5, 5.41) is 9.27. The van der Waals surface area contributed by atoms with Crippen LogP contribution in [0.25, 0.3) is 0 Å². The largest absolute Gasteiger partial charge is 0.375 e. The van der Waals surface area contributed by atoms with Crippen LogP contribution in [0.15, 0.2) is 18.2 Å². The lowest BCUT2D eigenvalue weighted by molar-refractivity contribution is -0.125. The van der Waals surface area contributed by atoms with Crippen molar-refractivity contribution in [3.63, 3.8) is 0 Å². The minimum absolute atomic E-state index is 0.0400. The molecule has 1 aliphatic rings. The van der Waals surface area contributed by atoms with Gasteiger partial charge in [-0.25, -0.2) is 8.78 Å². The molecule has 1 aliphatic heterocycles. The second-order valence-electron chi connectivity index (χ2n) is 5.60. The SMILES string of the molecule is CC1OC(C)C(C(=O)C(C#N)c2cc(F)cc(F)c2)C1C. The van der Waals surface area contributed by atoms with Crippen molar-refractivity contribution in [1.29, 1.82) is 5.26 Å². The Balaban J connectivity index is 2.33. The van der Waals surface area contributed by atoms with Crippen molar-refractivity contribution in [2.75, 3.05) is 0 Å². The van der Waals surface area contributed by atoms with Crippen molar-refractivity contribution in [3.05, 3.63) is 35.4 Å². The standard InChI is InChI=1S/C16H17F2NO2/c1-8-9(2)21-10(3)15(8)16(20)14(7-19)11-4-12(17)6-13(18)5-11/h4-6,8-10,14-15H,1-3H3. The summed E-state index contributed by atoms with van der Waals surface area (Å²) < 4.78 is 32.2. The molecule has 0 bridgehead atoms. The number of halogens is 2.